The summed E-state index contributed by atoms with van der Waals surface area (Å²) in [5.74, 6) is 0. The van der Waals surface area contributed by atoms with Crippen LogP contribution in [-0.4, -0.2) is 4.57 Å². The molecule has 0 N–H and O–H groups in total. The molecule has 12 rings (SSSR count). The first-order chi connectivity index (χ1) is 31.8. The predicted molar refractivity (Wildman–Crippen MR) is 272 cm³/mol. The first kappa shape index (κ1) is 37.3. The maximum atomic E-state index is 2.49. The highest BCUT2D eigenvalue weighted by Gasteiger charge is 2.24. The van der Waals surface area contributed by atoms with Gasteiger partial charge in [-0.25, -0.2) is 0 Å². The molecule has 0 aliphatic rings. The zero-order chi connectivity index (χ0) is 42.4. The van der Waals surface area contributed by atoms with E-state index in [1.54, 1.807) is 0 Å². The molecular formula is C62H42N2. The van der Waals surface area contributed by atoms with Gasteiger partial charge in [-0.1, -0.05) is 194 Å². The van der Waals surface area contributed by atoms with Gasteiger partial charge in [-0.05, 0) is 127 Å². The third kappa shape index (κ3) is 6.44. The van der Waals surface area contributed by atoms with Crippen LogP contribution in [0.25, 0.3) is 93.5 Å². The van der Waals surface area contributed by atoms with Crippen molar-refractivity contribution in [3.05, 3.63) is 255 Å². The Kier molecular flexibility index (Phi) is 9.20. The third-order valence-electron chi connectivity index (χ3n) is 12.7. The molecular weight excluding hydrogens is 773 g/mol. The molecule has 2 heteroatoms. The van der Waals surface area contributed by atoms with Gasteiger partial charge in [0.15, 0.2) is 0 Å². The largest absolute Gasteiger partial charge is 0.310 e. The molecule has 300 valence electrons. The van der Waals surface area contributed by atoms with E-state index in [2.05, 4.69) is 264 Å². The normalized spacial score (nSPS) is 11.4. The lowest BCUT2D eigenvalue weighted by Crippen LogP contribution is -2.11. The quantitative estimate of drug-likeness (QED) is 0.148. The summed E-state index contributed by atoms with van der Waals surface area (Å²) in [7, 11) is 0. The minimum atomic E-state index is 1.07. The average molecular weight is 815 g/mol. The van der Waals surface area contributed by atoms with Crippen LogP contribution < -0.4 is 4.90 Å². The SMILES string of the molecule is c1ccc(-c2cc(-c3ccccc3)cc(N(c3ccc(-c4cccc5cccc(-c6ccccc6)c45)cc3)c3cccc4c3c3c5ccccc5ccc3n4-c3ccccc3)c2)cc1. The van der Waals surface area contributed by atoms with E-state index in [0.717, 1.165) is 39.4 Å². The molecule has 2 nitrogen and oxygen atoms in total. The van der Waals surface area contributed by atoms with E-state index < -0.39 is 0 Å². The van der Waals surface area contributed by atoms with Gasteiger partial charge < -0.3 is 9.47 Å². The summed E-state index contributed by atoms with van der Waals surface area (Å²) in [5, 5.41) is 7.38. The Morgan fingerprint density at radius 1 is 0.281 bits per heavy atom. The summed E-state index contributed by atoms with van der Waals surface area (Å²) in [6, 6.07) is 92.8. The molecule has 0 radical (unpaired) electrons. The fraction of sp³-hybridized carbons (Fsp3) is 0. The summed E-state index contributed by atoms with van der Waals surface area (Å²) in [4.78, 5) is 2.49. The minimum Gasteiger partial charge on any atom is -0.310 e. The van der Waals surface area contributed by atoms with E-state index in [1.807, 2.05) is 0 Å². The van der Waals surface area contributed by atoms with Gasteiger partial charge in [0.1, 0.15) is 0 Å². The van der Waals surface area contributed by atoms with E-state index in [4.69, 9.17) is 0 Å². The molecule has 0 amide bonds. The standard InChI is InChI=1S/C62H42N2/c1-5-18-43(19-6-1)49-40-50(44-20-7-2-8-21-44)42-53(41-49)63(52-37-34-47(35-38-52)55-31-16-26-48-25-15-30-54(60(48)55)45-22-9-3-10-23-45)57-32-17-33-58-62(57)61-56-29-14-13-24-46(56)36-39-59(61)64(58)51-27-11-4-12-28-51/h1-42H. The summed E-state index contributed by atoms with van der Waals surface area (Å²) >= 11 is 0. The van der Waals surface area contributed by atoms with Crippen molar-refractivity contribution in [1.29, 1.82) is 0 Å². The van der Waals surface area contributed by atoms with Crippen LogP contribution in [0.15, 0.2) is 255 Å². The topological polar surface area (TPSA) is 8.17 Å². The summed E-state index contributed by atoms with van der Waals surface area (Å²) < 4.78 is 2.43. The molecule has 11 aromatic carbocycles. The van der Waals surface area contributed by atoms with Gasteiger partial charge in [-0.15, -0.1) is 0 Å². The molecule has 0 atom stereocenters. The van der Waals surface area contributed by atoms with Gasteiger partial charge in [0.2, 0.25) is 0 Å². The molecule has 64 heavy (non-hydrogen) atoms. The molecule has 0 saturated heterocycles. The van der Waals surface area contributed by atoms with Crippen LogP contribution in [0.1, 0.15) is 0 Å². The third-order valence-corrected chi connectivity index (χ3v) is 12.7. The van der Waals surface area contributed by atoms with Crippen LogP contribution >= 0.6 is 0 Å². The van der Waals surface area contributed by atoms with Crippen molar-refractivity contribution in [3.63, 3.8) is 0 Å². The number of rotatable bonds is 8. The number of anilines is 3. The van der Waals surface area contributed by atoms with Gasteiger partial charge in [-0.2, -0.15) is 0 Å². The Bertz CT molecular complexity index is 3570. The smallest absolute Gasteiger partial charge is 0.0562 e. The number of benzene rings is 11. The number of hydrogen-bond donors (Lipinski definition) is 0. The lowest BCUT2D eigenvalue weighted by Gasteiger charge is -2.28. The van der Waals surface area contributed by atoms with Gasteiger partial charge in [0.25, 0.3) is 0 Å². The van der Waals surface area contributed by atoms with Crippen molar-refractivity contribution in [2.75, 3.05) is 4.90 Å². The van der Waals surface area contributed by atoms with Crippen LogP contribution in [0.5, 0.6) is 0 Å². The average Bonchev–Trinajstić information content (AvgIpc) is 3.73. The van der Waals surface area contributed by atoms with E-state index in [1.165, 1.54) is 71.2 Å². The molecule has 0 spiro atoms. The Morgan fingerprint density at radius 3 is 1.44 bits per heavy atom. The molecule has 12 aromatic rings. The monoisotopic (exact) mass is 814 g/mol. The second-order valence-corrected chi connectivity index (χ2v) is 16.5. The summed E-state index contributed by atoms with van der Waals surface area (Å²) in [6.45, 7) is 0. The summed E-state index contributed by atoms with van der Waals surface area (Å²) in [5.41, 5.74) is 16.2. The van der Waals surface area contributed by atoms with Crippen molar-refractivity contribution in [2.45, 2.75) is 0 Å². The lowest BCUT2D eigenvalue weighted by atomic mass is 9.91. The van der Waals surface area contributed by atoms with Crippen LogP contribution in [0.2, 0.25) is 0 Å². The molecule has 1 aromatic heterocycles. The second kappa shape index (κ2) is 15.8. The predicted octanol–water partition coefficient (Wildman–Crippen LogP) is 17.2. The molecule has 1 heterocycles. The second-order valence-electron chi connectivity index (χ2n) is 16.5. The van der Waals surface area contributed by atoms with E-state index in [9.17, 15) is 0 Å². The van der Waals surface area contributed by atoms with Gasteiger partial charge in [0.05, 0.1) is 16.7 Å². The lowest BCUT2D eigenvalue weighted by molar-refractivity contribution is 1.18. The van der Waals surface area contributed by atoms with Crippen molar-refractivity contribution < 1.29 is 0 Å². The Labute approximate surface area is 373 Å². The highest BCUT2D eigenvalue weighted by Crippen LogP contribution is 2.48. The zero-order valence-corrected chi connectivity index (χ0v) is 35.1. The maximum Gasteiger partial charge on any atom is 0.0562 e. The number of hydrogen-bond acceptors (Lipinski definition) is 1. The molecule has 0 saturated carbocycles. The fourth-order valence-corrected chi connectivity index (χ4v) is 9.84. The van der Waals surface area contributed by atoms with E-state index in [0.29, 0.717) is 0 Å². The molecule has 0 aliphatic heterocycles. The molecule has 0 fully saturated rings. The number of aromatic nitrogens is 1. The van der Waals surface area contributed by atoms with Crippen LogP contribution in [0.4, 0.5) is 17.1 Å². The van der Waals surface area contributed by atoms with Crippen molar-refractivity contribution in [1.82, 2.24) is 4.57 Å². The minimum absolute atomic E-state index is 1.07. The first-order valence-electron chi connectivity index (χ1n) is 22.0. The van der Waals surface area contributed by atoms with Crippen LogP contribution in [-0.2, 0) is 0 Å². The van der Waals surface area contributed by atoms with Crippen molar-refractivity contribution >= 4 is 60.4 Å². The highest BCUT2D eigenvalue weighted by molar-refractivity contribution is 6.25. The van der Waals surface area contributed by atoms with Gasteiger partial charge in [0, 0.05) is 27.8 Å². The number of para-hydroxylation sites is 1. The van der Waals surface area contributed by atoms with E-state index >= 15 is 0 Å². The van der Waals surface area contributed by atoms with Crippen molar-refractivity contribution in [3.8, 4) is 50.2 Å². The number of nitrogens with zero attached hydrogens (tertiary/aromatic N) is 2. The maximum absolute atomic E-state index is 2.49. The van der Waals surface area contributed by atoms with E-state index in [-0.39, 0.29) is 0 Å². The molecule has 0 bridgehead atoms. The van der Waals surface area contributed by atoms with Crippen molar-refractivity contribution in [2.24, 2.45) is 0 Å². The Hall–Kier alpha value is -8.46. The van der Waals surface area contributed by atoms with Crippen LogP contribution in [0.3, 0.4) is 0 Å². The van der Waals surface area contributed by atoms with Crippen LogP contribution in [0, 0.1) is 0 Å². The molecule has 0 unspecified atom stereocenters. The first-order valence-corrected chi connectivity index (χ1v) is 22.0. The molecule has 0 aliphatic carbocycles. The Morgan fingerprint density at radius 2 is 0.797 bits per heavy atom. The van der Waals surface area contributed by atoms with Gasteiger partial charge in [-0.3, -0.25) is 0 Å². The zero-order valence-electron chi connectivity index (χ0n) is 35.1. The number of fused-ring (bicyclic) bond motifs is 6. The van der Waals surface area contributed by atoms with Gasteiger partial charge >= 0.3 is 0 Å². The summed E-state index contributed by atoms with van der Waals surface area (Å²) in [6.07, 6.45) is 0. The highest BCUT2D eigenvalue weighted by atomic mass is 15.1. The fourth-order valence-electron chi connectivity index (χ4n) is 9.84. The Balaban J connectivity index is 1.14.